The first-order valence-corrected chi connectivity index (χ1v) is 16.1. The second-order valence-corrected chi connectivity index (χ2v) is 12.0. The molecule has 0 saturated carbocycles. The van der Waals surface area contributed by atoms with Crippen LogP contribution in [0.2, 0.25) is 0 Å². The summed E-state index contributed by atoms with van der Waals surface area (Å²) in [4.78, 5) is 24.2. The minimum Gasteiger partial charge on any atom is -0.465 e. The van der Waals surface area contributed by atoms with Crippen LogP contribution in [0.15, 0.2) is 146 Å². The van der Waals surface area contributed by atoms with Gasteiger partial charge in [-0.2, -0.15) is 0 Å². The highest BCUT2D eigenvalue weighted by molar-refractivity contribution is 6.10. The summed E-state index contributed by atoms with van der Waals surface area (Å²) in [5, 5.41) is 7.83. The molecule has 0 N–H and O–H groups in total. The molecule has 242 valence electrons. The molecule has 0 heterocycles. The van der Waals surface area contributed by atoms with E-state index in [1.54, 1.807) is 12.1 Å². The molecule has 0 amide bonds. The number of fused-ring (bicyclic) bond motifs is 4. The Bertz CT molecular complexity index is 2440. The fraction of sp³-hybridized carbons (Fsp3) is 0.0455. The molecule has 50 heavy (non-hydrogen) atoms. The summed E-state index contributed by atoms with van der Waals surface area (Å²) in [6, 6.07) is 47.2. The van der Waals surface area contributed by atoms with Crippen LogP contribution in [-0.4, -0.2) is 26.2 Å². The molecule has 0 spiro atoms. The van der Waals surface area contributed by atoms with Gasteiger partial charge in [-0.1, -0.05) is 84.9 Å². The van der Waals surface area contributed by atoms with E-state index in [1.165, 1.54) is 14.2 Å². The zero-order chi connectivity index (χ0) is 34.2. The largest absolute Gasteiger partial charge is 0.465 e. The Morgan fingerprint density at radius 1 is 0.400 bits per heavy atom. The number of esters is 2. The van der Waals surface area contributed by atoms with E-state index in [0.717, 1.165) is 54.2 Å². The molecule has 8 rings (SSSR count). The van der Waals surface area contributed by atoms with Gasteiger partial charge in [-0.05, 0) is 104 Å². The summed E-state index contributed by atoms with van der Waals surface area (Å²) in [7, 11) is 2.75. The zero-order valence-electron chi connectivity index (χ0n) is 27.3. The molecule has 8 aromatic carbocycles. The third kappa shape index (κ3) is 5.63. The fourth-order valence-corrected chi connectivity index (χ4v) is 6.51. The van der Waals surface area contributed by atoms with E-state index in [4.69, 9.17) is 18.9 Å². The highest BCUT2D eigenvalue weighted by Crippen LogP contribution is 2.48. The van der Waals surface area contributed by atoms with Crippen LogP contribution in [0, 0.1) is 0 Å². The number of hydrogen-bond acceptors (Lipinski definition) is 6. The van der Waals surface area contributed by atoms with Crippen molar-refractivity contribution in [2.24, 2.45) is 0 Å². The van der Waals surface area contributed by atoms with E-state index >= 15 is 0 Å². The third-order valence-corrected chi connectivity index (χ3v) is 8.95. The van der Waals surface area contributed by atoms with Crippen molar-refractivity contribution in [2.75, 3.05) is 14.2 Å². The van der Waals surface area contributed by atoms with E-state index < -0.39 is 0 Å². The Hall–Kier alpha value is -6.66. The predicted octanol–water partition coefficient (Wildman–Crippen LogP) is 11.1. The predicted molar refractivity (Wildman–Crippen MR) is 198 cm³/mol. The van der Waals surface area contributed by atoms with Gasteiger partial charge in [0.15, 0.2) is 0 Å². The van der Waals surface area contributed by atoms with Gasteiger partial charge in [0.2, 0.25) is 0 Å². The summed E-state index contributed by atoms with van der Waals surface area (Å²) in [6.45, 7) is 0. The topological polar surface area (TPSA) is 71.1 Å². The van der Waals surface area contributed by atoms with Gasteiger partial charge in [0, 0.05) is 11.1 Å². The van der Waals surface area contributed by atoms with Crippen molar-refractivity contribution < 1.29 is 28.5 Å². The van der Waals surface area contributed by atoms with Crippen LogP contribution in [0.3, 0.4) is 0 Å². The monoisotopic (exact) mass is 654 g/mol. The maximum absolute atomic E-state index is 12.1. The molecular formula is C44H30O6. The molecule has 0 atom stereocenters. The number of methoxy groups -OCH3 is 2. The van der Waals surface area contributed by atoms with Gasteiger partial charge < -0.3 is 18.9 Å². The average Bonchev–Trinajstić information content (AvgIpc) is 3.17. The van der Waals surface area contributed by atoms with E-state index in [0.29, 0.717) is 34.1 Å². The maximum Gasteiger partial charge on any atom is 0.337 e. The van der Waals surface area contributed by atoms with Crippen molar-refractivity contribution in [2.45, 2.75) is 0 Å². The van der Waals surface area contributed by atoms with Crippen LogP contribution < -0.4 is 9.47 Å². The highest BCUT2D eigenvalue weighted by Gasteiger charge is 2.20. The number of rotatable bonds is 7. The molecule has 0 bridgehead atoms. The maximum atomic E-state index is 12.1. The van der Waals surface area contributed by atoms with Crippen molar-refractivity contribution in [3.8, 4) is 34.1 Å². The molecule has 0 aliphatic rings. The number of carbonyl (C=O) groups is 2. The lowest BCUT2D eigenvalue weighted by Crippen LogP contribution is -2.00. The van der Waals surface area contributed by atoms with Crippen LogP contribution in [-0.2, 0) is 9.47 Å². The Morgan fingerprint density at radius 3 is 1.22 bits per heavy atom. The van der Waals surface area contributed by atoms with Gasteiger partial charge >= 0.3 is 11.9 Å². The van der Waals surface area contributed by atoms with E-state index in [2.05, 4.69) is 36.4 Å². The zero-order valence-corrected chi connectivity index (χ0v) is 27.3. The molecular weight excluding hydrogens is 624 g/mol. The standard InChI is InChI=1S/C44H30O6/c1-47-43(45)33-13-11-31-25-35(19-15-29(31)23-33)49-39-21-17-27-7-3-5-9-37(27)41(39)42-38-10-6-4-8-28(38)18-22-40(42)50-36-20-16-30-24-34(44(46)48-2)14-12-32(30)26-36/h3-26H,1-2H3. The lowest BCUT2D eigenvalue weighted by Gasteiger charge is -2.20. The van der Waals surface area contributed by atoms with Gasteiger partial charge in [0.05, 0.1) is 25.3 Å². The Kier molecular flexibility index (Phi) is 7.82. The van der Waals surface area contributed by atoms with E-state index in [-0.39, 0.29) is 11.9 Å². The second-order valence-electron chi connectivity index (χ2n) is 12.0. The molecule has 8 aromatic rings. The molecule has 6 nitrogen and oxygen atoms in total. The summed E-state index contributed by atoms with van der Waals surface area (Å²) >= 11 is 0. The number of hydrogen-bond donors (Lipinski definition) is 0. The Labute approximate surface area is 288 Å². The summed E-state index contributed by atoms with van der Waals surface area (Å²) < 4.78 is 23.3. The van der Waals surface area contributed by atoms with Gasteiger partial charge in [-0.3, -0.25) is 0 Å². The summed E-state index contributed by atoms with van der Waals surface area (Å²) in [5.74, 6) is 1.90. The van der Waals surface area contributed by atoms with Gasteiger partial charge in [-0.25, -0.2) is 9.59 Å². The Morgan fingerprint density at radius 2 is 0.780 bits per heavy atom. The van der Waals surface area contributed by atoms with Crippen molar-refractivity contribution in [1.82, 2.24) is 0 Å². The first kappa shape index (κ1) is 30.7. The first-order valence-electron chi connectivity index (χ1n) is 16.1. The smallest absolute Gasteiger partial charge is 0.337 e. The molecule has 0 aliphatic carbocycles. The SMILES string of the molecule is COC(=O)c1ccc2cc(Oc3ccc4ccccc4c3-c3c(Oc4ccc5cc(C(=O)OC)ccc5c4)ccc4ccccc34)ccc2c1. The van der Waals surface area contributed by atoms with Crippen LogP contribution in [0.25, 0.3) is 54.2 Å². The lowest BCUT2D eigenvalue weighted by molar-refractivity contribution is 0.0592. The van der Waals surface area contributed by atoms with Gasteiger partial charge in [0.25, 0.3) is 0 Å². The fourth-order valence-electron chi connectivity index (χ4n) is 6.51. The molecule has 0 aliphatic heterocycles. The minimum absolute atomic E-state index is 0.377. The second kappa shape index (κ2) is 12.7. The van der Waals surface area contributed by atoms with E-state index in [9.17, 15) is 9.59 Å². The van der Waals surface area contributed by atoms with E-state index in [1.807, 2.05) is 97.1 Å². The van der Waals surface area contributed by atoms with Crippen LogP contribution in [0.1, 0.15) is 20.7 Å². The van der Waals surface area contributed by atoms with Crippen LogP contribution >= 0.6 is 0 Å². The first-order chi connectivity index (χ1) is 24.5. The third-order valence-electron chi connectivity index (χ3n) is 8.95. The molecule has 0 saturated heterocycles. The molecule has 0 fully saturated rings. The van der Waals surface area contributed by atoms with Crippen LogP contribution in [0.4, 0.5) is 0 Å². The minimum atomic E-state index is -0.377. The number of benzene rings is 8. The molecule has 0 radical (unpaired) electrons. The summed E-state index contributed by atoms with van der Waals surface area (Å²) in [5.41, 5.74) is 2.79. The quantitative estimate of drug-likeness (QED) is 0.159. The van der Waals surface area contributed by atoms with Crippen LogP contribution in [0.5, 0.6) is 23.0 Å². The molecule has 0 unspecified atom stereocenters. The molecule has 0 aromatic heterocycles. The van der Waals surface area contributed by atoms with Crippen molar-refractivity contribution in [3.63, 3.8) is 0 Å². The Balaban J connectivity index is 1.27. The molecule has 6 heteroatoms. The van der Waals surface area contributed by atoms with Crippen molar-refractivity contribution >= 4 is 55.0 Å². The van der Waals surface area contributed by atoms with Gasteiger partial charge in [0.1, 0.15) is 23.0 Å². The van der Waals surface area contributed by atoms with Gasteiger partial charge in [-0.15, -0.1) is 0 Å². The normalized spacial score (nSPS) is 11.2. The summed E-state index contributed by atoms with van der Waals surface area (Å²) in [6.07, 6.45) is 0. The van der Waals surface area contributed by atoms with Crippen molar-refractivity contribution in [3.05, 3.63) is 157 Å². The number of ether oxygens (including phenoxy) is 4. The average molecular weight is 655 g/mol. The van der Waals surface area contributed by atoms with Crippen molar-refractivity contribution in [1.29, 1.82) is 0 Å². The highest BCUT2D eigenvalue weighted by atomic mass is 16.5. The lowest BCUT2D eigenvalue weighted by atomic mass is 9.92. The number of carbonyl (C=O) groups excluding carboxylic acids is 2.